The van der Waals surface area contributed by atoms with E-state index in [1.54, 1.807) is 4.90 Å². The molecule has 0 aliphatic carbocycles. The van der Waals surface area contributed by atoms with E-state index in [0.717, 1.165) is 19.5 Å². The number of amides is 2. The average Bonchev–Trinajstić information content (AvgIpc) is 2.82. The Labute approximate surface area is 128 Å². The molecule has 1 N–H and O–H groups in total. The molecule has 5 heteroatoms. The van der Waals surface area contributed by atoms with E-state index in [0.29, 0.717) is 18.9 Å². The average molecular weight is 298 g/mol. The van der Waals surface area contributed by atoms with E-state index in [1.807, 2.05) is 18.7 Å². The Bertz CT molecular complexity index is 374. The molecule has 1 atom stereocenters. The van der Waals surface area contributed by atoms with Gasteiger partial charge in [-0.3, -0.25) is 4.79 Å². The largest absolute Gasteiger partial charge is 0.481 e. The van der Waals surface area contributed by atoms with Crippen molar-refractivity contribution in [2.24, 2.45) is 11.3 Å². The van der Waals surface area contributed by atoms with Gasteiger partial charge in [0.05, 0.1) is 0 Å². The molecule has 1 saturated heterocycles. The van der Waals surface area contributed by atoms with Gasteiger partial charge in [-0.05, 0) is 38.0 Å². The predicted octanol–water partition coefficient (Wildman–Crippen LogP) is 3.05. The Morgan fingerprint density at radius 2 is 1.95 bits per heavy atom. The van der Waals surface area contributed by atoms with Crippen molar-refractivity contribution in [2.75, 3.05) is 19.6 Å². The third-order valence-corrected chi connectivity index (χ3v) is 4.34. The molecule has 0 spiro atoms. The van der Waals surface area contributed by atoms with Crippen LogP contribution in [0.1, 0.15) is 53.9 Å². The van der Waals surface area contributed by atoms with E-state index in [-0.39, 0.29) is 23.9 Å². The Morgan fingerprint density at radius 3 is 2.38 bits per heavy atom. The van der Waals surface area contributed by atoms with E-state index in [2.05, 4.69) is 20.8 Å². The van der Waals surface area contributed by atoms with Crippen LogP contribution in [0.2, 0.25) is 0 Å². The monoisotopic (exact) mass is 298 g/mol. The van der Waals surface area contributed by atoms with Crippen LogP contribution in [0.5, 0.6) is 0 Å². The van der Waals surface area contributed by atoms with Crippen molar-refractivity contribution in [3.05, 3.63) is 0 Å². The number of carbonyl (C=O) groups is 2. The molecule has 1 heterocycles. The quantitative estimate of drug-likeness (QED) is 0.848. The summed E-state index contributed by atoms with van der Waals surface area (Å²) in [6.45, 7) is 12.8. The Hall–Kier alpha value is -1.26. The van der Waals surface area contributed by atoms with Crippen molar-refractivity contribution in [1.29, 1.82) is 0 Å². The summed E-state index contributed by atoms with van der Waals surface area (Å²) in [6, 6.07) is 0.155. The summed E-state index contributed by atoms with van der Waals surface area (Å²) in [5, 5.41) is 8.73. The Balaban J connectivity index is 2.59. The fourth-order valence-electron chi connectivity index (χ4n) is 2.80. The molecular formula is C16H30N2O3. The van der Waals surface area contributed by atoms with E-state index >= 15 is 0 Å². The first kappa shape index (κ1) is 17.8. The molecule has 0 radical (unpaired) electrons. The first-order valence-electron chi connectivity index (χ1n) is 7.90. The molecule has 0 bridgehead atoms. The molecular weight excluding hydrogens is 268 g/mol. The van der Waals surface area contributed by atoms with Crippen LogP contribution >= 0.6 is 0 Å². The summed E-state index contributed by atoms with van der Waals surface area (Å²) in [6.07, 6.45) is 1.67. The second-order valence-electron chi connectivity index (χ2n) is 7.36. The number of carboxylic acid groups (broad SMARTS) is 1. The normalized spacial score (nSPS) is 19.1. The maximum atomic E-state index is 12.6. The van der Waals surface area contributed by atoms with E-state index in [4.69, 9.17) is 5.11 Å². The fraction of sp³-hybridized carbons (Fsp3) is 0.875. The van der Waals surface area contributed by atoms with Crippen LogP contribution in [0, 0.1) is 11.3 Å². The van der Waals surface area contributed by atoms with Gasteiger partial charge in [0.25, 0.3) is 0 Å². The minimum Gasteiger partial charge on any atom is -0.481 e. The number of urea groups is 1. The maximum Gasteiger partial charge on any atom is 0.320 e. The molecule has 5 nitrogen and oxygen atoms in total. The SMILES string of the molecule is CC(C)N(CCCC(=O)O)C(=O)N1CCC(C(C)(C)C)C1. The first-order valence-corrected chi connectivity index (χ1v) is 7.90. The van der Waals surface area contributed by atoms with Crippen molar-refractivity contribution in [3.8, 4) is 0 Å². The minimum absolute atomic E-state index is 0.0575. The molecule has 0 aromatic rings. The number of aliphatic carboxylic acids is 1. The molecule has 21 heavy (non-hydrogen) atoms. The molecule has 122 valence electrons. The topological polar surface area (TPSA) is 60.9 Å². The summed E-state index contributed by atoms with van der Waals surface area (Å²) < 4.78 is 0. The van der Waals surface area contributed by atoms with Crippen LogP contribution < -0.4 is 0 Å². The number of nitrogens with zero attached hydrogens (tertiary/aromatic N) is 2. The maximum absolute atomic E-state index is 12.6. The molecule has 1 aliphatic rings. The molecule has 1 fully saturated rings. The number of carboxylic acids is 1. The van der Waals surface area contributed by atoms with Gasteiger partial charge in [0.1, 0.15) is 0 Å². The molecule has 0 saturated carbocycles. The van der Waals surface area contributed by atoms with Crippen molar-refractivity contribution in [2.45, 2.75) is 59.9 Å². The molecule has 1 aliphatic heterocycles. The lowest BCUT2D eigenvalue weighted by Crippen LogP contribution is -2.46. The number of hydrogen-bond donors (Lipinski definition) is 1. The number of hydrogen-bond acceptors (Lipinski definition) is 2. The molecule has 1 unspecified atom stereocenters. The lowest BCUT2D eigenvalue weighted by Gasteiger charge is -2.32. The van der Waals surface area contributed by atoms with E-state index in [9.17, 15) is 9.59 Å². The van der Waals surface area contributed by atoms with Crippen molar-refractivity contribution >= 4 is 12.0 Å². The predicted molar refractivity (Wildman–Crippen MR) is 83.2 cm³/mol. The van der Waals surface area contributed by atoms with Gasteiger partial charge in [-0.15, -0.1) is 0 Å². The van der Waals surface area contributed by atoms with Crippen LogP contribution in [0.3, 0.4) is 0 Å². The second-order valence-corrected chi connectivity index (χ2v) is 7.36. The van der Waals surface area contributed by atoms with Crippen molar-refractivity contribution in [3.63, 3.8) is 0 Å². The van der Waals surface area contributed by atoms with Crippen LogP contribution in [0.4, 0.5) is 4.79 Å². The fourth-order valence-corrected chi connectivity index (χ4v) is 2.80. The summed E-state index contributed by atoms with van der Waals surface area (Å²) in [5.41, 5.74) is 0.223. The van der Waals surface area contributed by atoms with Gasteiger partial charge in [-0.1, -0.05) is 20.8 Å². The standard InChI is InChI=1S/C16H30N2O3/c1-12(2)18(9-6-7-14(19)20)15(21)17-10-8-13(11-17)16(3,4)5/h12-13H,6-11H2,1-5H3,(H,19,20). The highest BCUT2D eigenvalue weighted by atomic mass is 16.4. The van der Waals surface area contributed by atoms with Gasteiger partial charge in [0.2, 0.25) is 0 Å². The zero-order valence-corrected chi connectivity index (χ0v) is 14.1. The zero-order valence-electron chi connectivity index (χ0n) is 14.1. The van der Waals surface area contributed by atoms with Crippen LogP contribution in [0.15, 0.2) is 0 Å². The smallest absolute Gasteiger partial charge is 0.320 e. The van der Waals surface area contributed by atoms with E-state index < -0.39 is 5.97 Å². The lowest BCUT2D eigenvalue weighted by molar-refractivity contribution is -0.137. The van der Waals surface area contributed by atoms with Crippen molar-refractivity contribution < 1.29 is 14.7 Å². The third kappa shape index (κ3) is 5.21. The van der Waals surface area contributed by atoms with Crippen LogP contribution in [-0.2, 0) is 4.79 Å². The van der Waals surface area contributed by atoms with Gasteiger partial charge in [0.15, 0.2) is 0 Å². The highest BCUT2D eigenvalue weighted by Gasteiger charge is 2.35. The Morgan fingerprint density at radius 1 is 1.33 bits per heavy atom. The van der Waals surface area contributed by atoms with Gasteiger partial charge in [-0.2, -0.15) is 0 Å². The van der Waals surface area contributed by atoms with Gasteiger partial charge >= 0.3 is 12.0 Å². The van der Waals surface area contributed by atoms with Gasteiger partial charge in [0, 0.05) is 32.1 Å². The lowest BCUT2D eigenvalue weighted by atomic mass is 9.80. The second kappa shape index (κ2) is 7.14. The Kier molecular flexibility index (Phi) is 6.05. The number of likely N-dealkylation sites (tertiary alicyclic amines) is 1. The summed E-state index contributed by atoms with van der Waals surface area (Å²) in [4.78, 5) is 27.0. The summed E-state index contributed by atoms with van der Waals surface area (Å²) in [5.74, 6) is -0.269. The van der Waals surface area contributed by atoms with Crippen molar-refractivity contribution in [1.82, 2.24) is 9.80 Å². The molecule has 0 aromatic heterocycles. The third-order valence-electron chi connectivity index (χ3n) is 4.34. The molecule has 2 amide bonds. The molecule has 1 rings (SSSR count). The highest BCUT2D eigenvalue weighted by Crippen LogP contribution is 2.34. The number of carbonyl (C=O) groups excluding carboxylic acids is 1. The van der Waals surface area contributed by atoms with Gasteiger partial charge < -0.3 is 14.9 Å². The summed E-state index contributed by atoms with van der Waals surface area (Å²) in [7, 11) is 0. The first-order chi connectivity index (χ1) is 9.62. The zero-order chi connectivity index (χ0) is 16.2. The van der Waals surface area contributed by atoms with E-state index in [1.165, 1.54) is 0 Å². The van der Waals surface area contributed by atoms with Crippen LogP contribution in [0.25, 0.3) is 0 Å². The summed E-state index contributed by atoms with van der Waals surface area (Å²) >= 11 is 0. The number of rotatable bonds is 5. The van der Waals surface area contributed by atoms with Crippen LogP contribution in [-0.4, -0.2) is 52.6 Å². The van der Waals surface area contributed by atoms with Gasteiger partial charge in [-0.25, -0.2) is 4.79 Å². The molecule has 0 aromatic carbocycles. The minimum atomic E-state index is -0.805. The highest BCUT2D eigenvalue weighted by molar-refractivity contribution is 5.75.